The summed E-state index contributed by atoms with van der Waals surface area (Å²) in [4.78, 5) is 4.81. The Kier molecular flexibility index (Phi) is 5.83. The van der Waals surface area contributed by atoms with Gasteiger partial charge in [-0.1, -0.05) is 30.3 Å². The molecule has 0 aromatic heterocycles. The van der Waals surface area contributed by atoms with Crippen molar-refractivity contribution in [2.75, 3.05) is 39.8 Å². The van der Waals surface area contributed by atoms with Crippen molar-refractivity contribution in [3.05, 3.63) is 35.9 Å². The van der Waals surface area contributed by atoms with Crippen molar-refractivity contribution in [3.63, 3.8) is 0 Å². The van der Waals surface area contributed by atoms with Crippen molar-refractivity contribution < 1.29 is 5.11 Å². The fourth-order valence-electron chi connectivity index (χ4n) is 2.99. The van der Waals surface area contributed by atoms with Crippen molar-refractivity contribution >= 4 is 0 Å². The third-order valence-corrected chi connectivity index (χ3v) is 3.90. The van der Waals surface area contributed by atoms with Crippen LogP contribution in [0.25, 0.3) is 0 Å². The van der Waals surface area contributed by atoms with Gasteiger partial charge in [0.1, 0.15) is 0 Å². The molecule has 106 valence electrons. The summed E-state index contributed by atoms with van der Waals surface area (Å²) in [6, 6.07) is 10.7. The van der Waals surface area contributed by atoms with E-state index in [1.807, 2.05) is 0 Å². The van der Waals surface area contributed by atoms with Crippen molar-refractivity contribution in [1.82, 2.24) is 9.80 Å². The lowest BCUT2D eigenvalue weighted by Gasteiger charge is -2.34. The zero-order chi connectivity index (χ0) is 13.5. The highest BCUT2D eigenvalue weighted by Crippen LogP contribution is 2.19. The number of likely N-dealkylation sites (tertiary alicyclic amines) is 1. The minimum absolute atomic E-state index is 0.261. The molecule has 3 nitrogen and oxygen atoms in total. The van der Waals surface area contributed by atoms with Gasteiger partial charge in [0.2, 0.25) is 0 Å². The molecule has 0 spiro atoms. The van der Waals surface area contributed by atoms with E-state index in [2.05, 4.69) is 47.2 Å². The fourth-order valence-corrected chi connectivity index (χ4v) is 2.99. The van der Waals surface area contributed by atoms with Gasteiger partial charge in [0.05, 0.1) is 6.61 Å². The average molecular weight is 262 g/mol. The molecule has 0 aliphatic carbocycles. The summed E-state index contributed by atoms with van der Waals surface area (Å²) in [6.07, 6.45) is 2.62. The van der Waals surface area contributed by atoms with Gasteiger partial charge in [0.15, 0.2) is 0 Å². The first-order chi connectivity index (χ1) is 9.28. The number of benzene rings is 1. The van der Waals surface area contributed by atoms with E-state index in [0.717, 1.165) is 25.6 Å². The van der Waals surface area contributed by atoms with Crippen LogP contribution < -0.4 is 0 Å². The Morgan fingerprint density at radius 1 is 1.32 bits per heavy atom. The van der Waals surface area contributed by atoms with Gasteiger partial charge in [-0.25, -0.2) is 0 Å². The van der Waals surface area contributed by atoms with E-state index in [-0.39, 0.29) is 6.61 Å². The number of hydrogen-bond donors (Lipinski definition) is 1. The Balaban J connectivity index is 1.80. The Morgan fingerprint density at radius 2 is 2.11 bits per heavy atom. The minimum atomic E-state index is 0.261. The number of rotatable bonds is 6. The van der Waals surface area contributed by atoms with E-state index in [1.165, 1.54) is 31.5 Å². The van der Waals surface area contributed by atoms with E-state index in [9.17, 15) is 0 Å². The molecule has 1 unspecified atom stereocenters. The molecule has 0 radical (unpaired) electrons. The molecular formula is C16H26N2O. The number of aliphatic hydroxyl groups is 1. The van der Waals surface area contributed by atoms with Gasteiger partial charge >= 0.3 is 0 Å². The summed E-state index contributed by atoms with van der Waals surface area (Å²) in [7, 11) is 2.10. The quantitative estimate of drug-likeness (QED) is 0.847. The third-order valence-electron chi connectivity index (χ3n) is 3.90. The van der Waals surface area contributed by atoms with E-state index in [1.54, 1.807) is 0 Å². The predicted octanol–water partition coefficient (Wildman–Crippen LogP) is 1.82. The SMILES string of the molecule is CN(CCO)CC1CCCN(Cc2ccccc2)C1. The second-order valence-corrected chi connectivity index (χ2v) is 5.71. The second-order valence-electron chi connectivity index (χ2n) is 5.71. The molecule has 1 aromatic carbocycles. The van der Waals surface area contributed by atoms with Crippen LogP contribution in [0, 0.1) is 5.92 Å². The Hall–Kier alpha value is -0.900. The van der Waals surface area contributed by atoms with E-state index < -0.39 is 0 Å². The maximum atomic E-state index is 8.96. The predicted molar refractivity (Wildman–Crippen MR) is 79.0 cm³/mol. The van der Waals surface area contributed by atoms with E-state index >= 15 is 0 Å². The monoisotopic (exact) mass is 262 g/mol. The number of hydrogen-bond acceptors (Lipinski definition) is 3. The molecule has 3 heteroatoms. The number of nitrogens with zero attached hydrogens (tertiary/aromatic N) is 2. The summed E-state index contributed by atoms with van der Waals surface area (Å²) in [6.45, 7) is 5.62. The normalized spacial score (nSPS) is 20.9. The van der Waals surface area contributed by atoms with Gasteiger partial charge < -0.3 is 10.0 Å². The molecular weight excluding hydrogens is 236 g/mol. The van der Waals surface area contributed by atoms with Crippen LogP contribution in [-0.2, 0) is 6.54 Å². The van der Waals surface area contributed by atoms with Crippen LogP contribution in [0.5, 0.6) is 0 Å². The molecule has 1 saturated heterocycles. The minimum Gasteiger partial charge on any atom is -0.395 e. The number of likely N-dealkylation sites (N-methyl/N-ethyl adjacent to an activating group) is 1. The highest BCUT2D eigenvalue weighted by molar-refractivity contribution is 5.14. The molecule has 1 heterocycles. The van der Waals surface area contributed by atoms with Crippen LogP contribution in [0.15, 0.2) is 30.3 Å². The Morgan fingerprint density at radius 3 is 2.84 bits per heavy atom. The maximum absolute atomic E-state index is 8.96. The van der Waals surface area contributed by atoms with Gasteiger partial charge in [0.25, 0.3) is 0 Å². The van der Waals surface area contributed by atoms with Gasteiger partial charge in [-0.05, 0) is 37.9 Å². The summed E-state index contributed by atoms with van der Waals surface area (Å²) in [5.74, 6) is 0.744. The van der Waals surface area contributed by atoms with Crippen LogP contribution >= 0.6 is 0 Å². The molecule has 1 atom stereocenters. The Labute approximate surface area is 116 Å². The second kappa shape index (κ2) is 7.63. The molecule has 0 saturated carbocycles. The number of aliphatic hydroxyl groups excluding tert-OH is 1. The standard InChI is InChI=1S/C16H26N2O/c1-17(10-11-19)12-16-8-5-9-18(14-16)13-15-6-3-2-4-7-15/h2-4,6-7,16,19H,5,8-14H2,1H3. The van der Waals surface area contributed by atoms with E-state index in [4.69, 9.17) is 5.11 Å². The fraction of sp³-hybridized carbons (Fsp3) is 0.625. The largest absolute Gasteiger partial charge is 0.395 e. The molecule has 1 aliphatic heterocycles. The maximum Gasteiger partial charge on any atom is 0.0558 e. The smallest absolute Gasteiger partial charge is 0.0558 e. The molecule has 1 N–H and O–H groups in total. The first kappa shape index (κ1) is 14.5. The molecule has 1 aliphatic rings. The van der Waals surface area contributed by atoms with Crippen LogP contribution in [0.2, 0.25) is 0 Å². The summed E-state index contributed by atoms with van der Waals surface area (Å²) in [5.41, 5.74) is 1.41. The topological polar surface area (TPSA) is 26.7 Å². The zero-order valence-electron chi connectivity index (χ0n) is 12.0. The Bertz CT molecular complexity index is 355. The molecule has 0 bridgehead atoms. The van der Waals surface area contributed by atoms with Crippen molar-refractivity contribution in [3.8, 4) is 0 Å². The summed E-state index contributed by atoms with van der Waals surface area (Å²) < 4.78 is 0. The van der Waals surface area contributed by atoms with Crippen molar-refractivity contribution in [2.45, 2.75) is 19.4 Å². The summed E-state index contributed by atoms with van der Waals surface area (Å²) >= 11 is 0. The highest BCUT2D eigenvalue weighted by Gasteiger charge is 2.20. The van der Waals surface area contributed by atoms with Gasteiger partial charge in [-0.2, -0.15) is 0 Å². The third kappa shape index (κ3) is 4.94. The first-order valence-corrected chi connectivity index (χ1v) is 7.33. The van der Waals surface area contributed by atoms with E-state index in [0.29, 0.717) is 0 Å². The summed E-state index contributed by atoms with van der Waals surface area (Å²) in [5, 5.41) is 8.96. The van der Waals surface area contributed by atoms with Gasteiger partial charge in [-0.15, -0.1) is 0 Å². The van der Waals surface area contributed by atoms with Crippen LogP contribution in [0.3, 0.4) is 0 Å². The van der Waals surface area contributed by atoms with Crippen LogP contribution in [-0.4, -0.2) is 54.7 Å². The number of piperidine rings is 1. The highest BCUT2D eigenvalue weighted by atomic mass is 16.3. The lowest BCUT2D eigenvalue weighted by atomic mass is 9.97. The van der Waals surface area contributed by atoms with Crippen LogP contribution in [0.4, 0.5) is 0 Å². The molecule has 2 rings (SSSR count). The lowest BCUT2D eigenvalue weighted by Crippen LogP contribution is -2.40. The van der Waals surface area contributed by atoms with Crippen molar-refractivity contribution in [2.24, 2.45) is 5.92 Å². The van der Waals surface area contributed by atoms with Crippen LogP contribution in [0.1, 0.15) is 18.4 Å². The first-order valence-electron chi connectivity index (χ1n) is 7.33. The molecule has 1 aromatic rings. The molecule has 19 heavy (non-hydrogen) atoms. The zero-order valence-corrected chi connectivity index (χ0v) is 12.0. The average Bonchev–Trinajstić information content (AvgIpc) is 2.40. The lowest BCUT2D eigenvalue weighted by molar-refractivity contribution is 0.128. The molecule has 0 amide bonds. The van der Waals surface area contributed by atoms with Gasteiger partial charge in [-0.3, -0.25) is 4.90 Å². The van der Waals surface area contributed by atoms with Gasteiger partial charge in [0, 0.05) is 26.2 Å². The van der Waals surface area contributed by atoms with Crippen molar-refractivity contribution in [1.29, 1.82) is 0 Å². The molecule has 1 fully saturated rings.